The quantitative estimate of drug-likeness (QED) is 0.697. The Balaban J connectivity index is 1.62. The van der Waals surface area contributed by atoms with Gasteiger partial charge in [-0.2, -0.15) is 10.1 Å². The van der Waals surface area contributed by atoms with Gasteiger partial charge >= 0.3 is 0 Å². The van der Waals surface area contributed by atoms with Crippen molar-refractivity contribution in [2.75, 3.05) is 4.72 Å². The Bertz CT molecular complexity index is 1100. The fourth-order valence-electron chi connectivity index (χ4n) is 3.12. The summed E-state index contributed by atoms with van der Waals surface area (Å²) in [5, 5.41) is 8.21. The number of benzene rings is 1. The lowest BCUT2D eigenvalue weighted by Gasteiger charge is -2.12. The van der Waals surface area contributed by atoms with E-state index in [2.05, 4.69) is 20.0 Å². The first-order valence-corrected chi connectivity index (χ1v) is 10.3. The summed E-state index contributed by atoms with van der Waals surface area (Å²) in [7, 11) is -2.04. The Morgan fingerprint density at radius 3 is 2.67 bits per heavy atom. The van der Waals surface area contributed by atoms with Crippen LogP contribution in [0.2, 0.25) is 0 Å². The summed E-state index contributed by atoms with van der Waals surface area (Å²) in [6, 6.07) is 7.22. The van der Waals surface area contributed by atoms with E-state index >= 15 is 0 Å². The summed E-state index contributed by atoms with van der Waals surface area (Å²) in [5.74, 6) is 1.63. The van der Waals surface area contributed by atoms with Gasteiger partial charge in [-0.05, 0) is 38.3 Å². The molecule has 0 saturated heterocycles. The van der Waals surface area contributed by atoms with Crippen LogP contribution in [0.4, 0.5) is 5.69 Å². The first-order chi connectivity index (χ1) is 12.8. The third-order valence-corrected chi connectivity index (χ3v) is 6.36. The Morgan fingerprint density at radius 2 is 2.00 bits per heavy atom. The average molecular weight is 387 g/mol. The van der Waals surface area contributed by atoms with E-state index in [4.69, 9.17) is 4.52 Å². The zero-order chi connectivity index (χ0) is 19.2. The Kier molecular flexibility index (Phi) is 4.26. The number of nitrogens with zero attached hydrogens (tertiary/aromatic N) is 4. The van der Waals surface area contributed by atoms with Crippen molar-refractivity contribution in [1.82, 2.24) is 19.9 Å². The van der Waals surface area contributed by atoms with Crippen molar-refractivity contribution in [2.45, 2.75) is 43.9 Å². The molecule has 1 aromatic carbocycles. The lowest BCUT2D eigenvalue weighted by molar-refractivity contribution is 0.379. The largest absolute Gasteiger partial charge is 0.339 e. The van der Waals surface area contributed by atoms with Crippen molar-refractivity contribution in [3.63, 3.8) is 0 Å². The highest BCUT2D eigenvalue weighted by molar-refractivity contribution is 7.92. The zero-order valence-electron chi connectivity index (χ0n) is 15.4. The first-order valence-electron chi connectivity index (χ1n) is 8.78. The van der Waals surface area contributed by atoms with E-state index in [-0.39, 0.29) is 4.90 Å². The van der Waals surface area contributed by atoms with Gasteiger partial charge in [0.25, 0.3) is 10.0 Å². The molecule has 0 bridgehead atoms. The van der Waals surface area contributed by atoms with Gasteiger partial charge in [-0.1, -0.05) is 23.4 Å². The predicted molar refractivity (Wildman–Crippen MR) is 99.0 cm³/mol. The lowest BCUT2D eigenvalue weighted by Crippen LogP contribution is -2.16. The second kappa shape index (κ2) is 6.49. The molecule has 0 radical (unpaired) electrons. The van der Waals surface area contributed by atoms with Gasteiger partial charge in [0.1, 0.15) is 4.90 Å². The fourth-order valence-corrected chi connectivity index (χ4v) is 4.66. The molecule has 0 aliphatic heterocycles. The van der Waals surface area contributed by atoms with Gasteiger partial charge in [0, 0.05) is 13.0 Å². The van der Waals surface area contributed by atoms with Crippen molar-refractivity contribution in [3.05, 3.63) is 52.9 Å². The molecule has 1 aliphatic rings. The molecule has 1 aliphatic carbocycles. The normalized spacial score (nSPS) is 14.5. The van der Waals surface area contributed by atoms with Crippen molar-refractivity contribution in [3.8, 4) is 0 Å². The van der Waals surface area contributed by atoms with Gasteiger partial charge in [-0.25, -0.2) is 8.42 Å². The molecule has 0 atom stereocenters. The van der Waals surface area contributed by atoms with Crippen LogP contribution in [0.25, 0.3) is 0 Å². The van der Waals surface area contributed by atoms with Crippen LogP contribution < -0.4 is 4.72 Å². The number of para-hydroxylation sites is 1. The van der Waals surface area contributed by atoms with E-state index in [1.54, 1.807) is 37.7 Å². The van der Waals surface area contributed by atoms with Crippen LogP contribution in [0.3, 0.4) is 0 Å². The highest BCUT2D eigenvalue weighted by Gasteiger charge is 2.29. The summed E-state index contributed by atoms with van der Waals surface area (Å²) in [6.45, 7) is 3.42. The standard InChI is InChI=1S/C18H21N5O3S/c1-11-17(12(2)23(3)20-11)27(24,25)22-15-7-5-4-6-14(15)10-16-19-18(21-26-16)13-8-9-13/h4-7,13,22H,8-10H2,1-3H3. The second-order valence-electron chi connectivity index (χ2n) is 6.88. The first kappa shape index (κ1) is 17.7. The smallest absolute Gasteiger partial charge is 0.265 e. The summed E-state index contributed by atoms with van der Waals surface area (Å²) < 4.78 is 35.5. The van der Waals surface area contributed by atoms with Gasteiger partial charge in [-0.3, -0.25) is 9.40 Å². The number of aryl methyl sites for hydroxylation is 2. The van der Waals surface area contributed by atoms with Crippen LogP contribution in [0.5, 0.6) is 0 Å². The highest BCUT2D eigenvalue weighted by Crippen LogP contribution is 2.38. The molecular weight excluding hydrogens is 366 g/mol. The molecular formula is C18H21N5O3S. The van der Waals surface area contributed by atoms with Gasteiger partial charge in [0.05, 0.1) is 23.5 Å². The molecule has 1 fully saturated rings. The number of rotatable bonds is 6. The van der Waals surface area contributed by atoms with Gasteiger partial charge < -0.3 is 4.52 Å². The van der Waals surface area contributed by atoms with Crippen molar-refractivity contribution < 1.29 is 12.9 Å². The Morgan fingerprint density at radius 1 is 1.26 bits per heavy atom. The van der Waals surface area contributed by atoms with Crippen molar-refractivity contribution >= 4 is 15.7 Å². The summed E-state index contributed by atoms with van der Waals surface area (Å²) in [6.07, 6.45) is 2.56. The van der Waals surface area contributed by atoms with E-state index in [9.17, 15) is 8.42 Å². The van der Waals surface area contributed by atoms with Crippen LogP contribution in [0.1, 0.15) is 47.4 Å². The minimum atomic E-state index is -3.77. The lowest BCUT2D eigenvalue weighted by atomic mass is 10.1. The number of aromatic nitrogens is 4. The maximum atomic E-state index is 12.9. The molecule has 4 rings (SSSR count). The molecule has 142 valence electrons. The Labute approximate surface area is 157 Å². The maximum absolute atomic E-state index is 12.9. The molecule has 1 N–H and O–H groups in total. The van der Waals surface area contributed by atoms with Crippen molar-refractivity contribution in [1.29, 1.82) is 0 Å². The molecule has 2 heterocycles. The predicted octanol–water partition coefficient (Wildman–Crippen LogP) is 2.69. The number of anilines is 1. The molecule has 9 heteroatoms. The number of sulfonamides is 1. The SMILES string of the molecule is Cc1nn(C)c(C)c1S(=O)(=O)Nc1ccccc1Cc1nc(C2CC2)no1. The Hall–Kier alpha value is -2.68. The van der Waals surface area contributed by atoms with E-state index in [0.717, 1.165) is 24.2 Å². The number of nitrogens with one attached hydrogen (secondary N) is 1. The monoisotopic (exact) mass is 387 g/mol. The van der Waals surface area contributed by atoms with Gasteiger partial charge in [-0.15, -0.1) is 0 Å². The molecule has 27 heavy (non-hydrogen) atoms. The summed E-state index contributed by atoms with van der Waals surface area (Å²) >= 11 is 0. The van der Waals surface area contributed by atoms with Crippen molar-refractivity contribution in [2.24, 2.45) is 7.05 Å². The third-order valence-electron chi connectivity index (χ3n) is 4.74. The van der Waals surface area contributed by atoms with Crippen LogP contribution >= 0.6 is 0 Å². The molecule has 1 saturated carbocycles. The molecule has 0 spiro atoms. The van der Waals surface area contributed by atoms with Crippen LogP contribution in [0.15, 0.2) is 33.7 Å². The average Bonchev–Trinajstić information content (AvgIpc) is 3.29. The minimum absolute atomic E-state index is 0.202. The summed E-state index contributed by atoms with van der Waals surface area (Å²) in [5.41, 5.74) is 2.31. The molecule has 0 amide bonds. The van der Waals surface area contributed by atoms with Crippen LogP contribution in [0, 0.1) is 13.8 Å². The maximum Gasteiger partial charge on any atom is 0.265 e. The van der Waals surface area contributed by atoms with E-state index < -0.39 is 10.0 Å². The molecule has 2 aromatic heterocycles. The number of hydrogen-bond donors (Lipinski definition) is 1. The zero-order valence-corrected chi connectivity index (χ0v) is 16.2. The van der Waals surface area contributed by atoms with E-state index in [1.165, 1.54) is 0 Å². The van der Waals surface area contributed by atoms with Gasteiger partial charge in [0.2, 0.25) is 5.89 Å². The van der Waals surface area contributed by atoms with Crippen LogP contribution in [-0.2, 0) is 23.5 Å². The minimum Gasteiger partial charge on any atom is -0.339 e. The molecule has 8 nitrogen and oxygen atoms in total. The number of hydrogen-bond acceptors (Lipinski definition) is 6. The summed E-state index contributed by atoms with van der Waals surface area (Å²) in [4.78, 5) is 4.63. The van der Waals surface area contributed by atoms with E-state index in [0.29, 0.717) is 35.3 Å². The molecule has 0 unspecified atom stereocenters. The highest BCUT2D eigenvalue weighted by atomic mass is 32.2. The van der Waals surface area contributed by atoms with E-state index in [1.807, 2.05) is 12.1 Å². The molecule has 3 aromatic rings. The second-order valence-corrected chi connectivity index (χ2v) is 8.50. The fraction of sp³-hybridized carbons (Fsp3) is 0.389. The third kappa shape index (κ3) is 3.46. The topological polar surface area (TPSA) is 103 Å². The van der Waals surface area contributed by atoms with Crippen LogP contribution in [-0.4, -0.2) is 28.3 Å². The van der Waals surface area contributed by atoms with Gasteiger partial charge in [0.15, 0.2) is 5.82 Å².